The number of benzene rings is 2. The first kappa shape index (κ1) is 18.4. The third-order valence-corrected chi connectivity index (χ3v) is 3.93. The van der Waals surface area contributed by atoms with Gasteiger partial charge in [-0.05, 0) is 55.4 Å². The quantitative estimate of drug-likeness (QED) is 0.718. The average molecular weight is 365 g/mol. The van der Waals surface area contributed by atoms with Gasteiger partial charge in [-0.2, -0.15) is 0 Å². The minimum Gasteiger partial charge on any atom is -0.493 e. The Hall–Kier alpha value is -1.98. The summed E-state index contributed by atoms with van der Waals surface area (Å²) in [5.74, 6) is 1.50. The van der Waals surface area contributed by atoms with Crippen molar-refractivity contribution < 1.29 is 9.47 Å². The lowest BCUT2D eigenvalue weighted by atomic mass is 10.1. The molecule has 2 rings (SSSR count). The van der Waals surface area contributed by atoms with Gasteiger partial charge in [0.15, 0.2) is 16.6 Å². The summed E-state index contributed by atoms with van der Waals surface area (Å²) in [4.78, 5) is 0. The summed E-state index contributed by atoms with van der Waals surface area (Å²) in [7, 11) is 1.64. The molecule has 0 amide bonds. The second kappa shape index (κ2) is 9.35. The molecule has 2 aromatic rings. The van der Waals surface area contributed by atoms with Gasteiger partial charge in [-0.25, -0.2) is 0 Å². The molecule has 0 aliphatic carbocycles. The second-order valence-corrected chi connectivity index (χ2v) is 5.84. The number of para-hydroxylation sites is 1. The lowest BCUT2D eigenvalue weighted by Gasteiger charge is -2.13. The number of rotatable bonds is 7. The van der Waals surface area contributed by atoms with Crippen LogP contribution >= 0.6 is 23.8 Å². The van der Waals surface area contributed by atoms with Gasteiger partial charge >= 0.3 is 0 Å². The first-order valence-corrected chi connectivity index (χ1v) is 8.51. The lowest BCUT2D eigenvalue weighted by Crippen LogP contribution is -2.30. The van der Waals surface area contributed by atoms with Crippen LogP contribution in [0.3, 0.4) is 0 Å². The van der Waals surface area contributed by atoms with Crippen LogP contribution in [0.1, 0.15) is 12.5 Å². The van der Waals surface area contributed by atoms with Crippen molar-refractivity contribution in [3.63, 3.8) is 0 Å². The van der Waals surface area contributed by atoms with Gasteiger partial charge in [-0.15, -0.1) is 0 Å². The van der Waals surface area contributed by atoms with E-state index >= 15 is 0 Å². The highest BCUT2D eigenvalue weighted by molar-refractivity contribution is 7.80. The number of halogens is 1. The fraction of sp³-hybridized carbons (Fsp3) is 0.278. The summed E-state index contributed by atoms with van der Waals surface area (Å²) in [5.41, 5.74) is 1.93. The molecule has 0 heterocycles. The molecular weight excluding hydrogens is 344 g/mol. The second-order valence-electron chi connectivity index (χ2n) is 5.03. The van der Waals surface area contributed by atoms with Crippen LogP contribution in [-0.2, 0) is 6.42 Å². The molecule has 24 heavy (non-hydrogen) atoms. The van der Waals surface area contributed by atoms with Crippen molar-refractivity contribution in [3.8, 4) is 11.5 Å². The van der Waals surface area contributed by atoms with E-state index in [1.165, 1.54) is 0 Å². The topological polar surface area (TPSA) is 42.5 Å². The van der Waals surface area contributed by atoms with Gasteiger partial charge in [-0.1, -0.05) is 29.8 Å². The van der Waals surface area contributed by atoms with Crippen molar-refractivity contribution in [2.24, 2.45) is 0 Å². The molecule has 0 aliphatic heterocycles. The minimum atomic E-state index is 0.543. The molecule has 0 aliphatic rings. The maximum absolute atomic E-state index is 6.10. The Balaban J connectivity index is 1.85. The maximum atomic E-state index is 6.10. The standard InChI is InChI=1S/C18H21ClN2O2S/c1-3-23-16-9-8-13(12-17(16)22-2)10-11-20-18(24)21-15-7-5-4-6-14(15)19/h4-9,12H,3,10-11H2,1-2H3,(H2,20,21,24). The molecule has 0 saturated heterocycles. The highest BCUT2D eigenvalue weighted by Crippen LogP contribution is 2.28. The van der Waals surface area contributed by atoms with Crippen molar-refractivity contribution in [3.05, 3.63) is 53.1 Å². The third kappa shape index (κ3) is 5.28. The molecule has 0 unspecified atom stereocenters. The number of nitrogens with one attached hydrogen (secondary N) is 2. The van der Waals surface area contributed by atoms with E-state index in [1.54, 1.807) is 7.11 Å². The SMILES string of the molecule is CCOc1ccc(CCNC(=S)Nc2ccccc2Cl)cc1OC. The minimum absolute atomic E-state index is 0.543. The fourth-order valence-electron chi connectivity index (χ4n) is 2.19. The van der Waals surface area contributed by atoms with Crippen LogP contribution in [0.25, 0.3) is 0 Å². The van der Waals surface area contributed by atoms with E-state index in [9.17, 15) is 0 Å². The van der Waals surface area contributed by atoms with E-state index < -0.39 is 0 Å². The smallest absolute Gasteiger partial charge is 0.170 e. The predicted octanol–water partition coefficient (Wildman–Crippen LogP) is 4.28. The van der Waals surface area contributed by atoms with E-state index in [-0.39, 0.29) is 0 Å². The summed E-state index contributed by atoms with van der Waals surface area (Å²) in [6, 6.07) is 13.4. The van der Waals surface area contributed by atoms with Crippen LogP contribution in [0.4, 0.5) is 5.69 Å². The molecule has 0 aromatic heterocycles. The average Bonchev–Trinajstić information content (AvgIpc) is 2.58. The first-order valence-electron chi connectivity index (χ1n) is 7.73. The Kier molecular flexibility index (Phi) is 7.15. The lowest BCUT2D eigenvalue weighted by molar-refractivity contribution is 0.310. The molecule has 0 fully saturated rings. The van der Waals surface area contributed by atoms with Crippen LogP contribution in [-0.4, -0.2) is 25.4 Å². The molecule has 2 N–H and O–H groups in total. The number of ether oxygens (including phenoxy) is 2. The number of methoxy groups -OCH3 is 1. The number of anilines is 1. The summed E-state index contributed by atoms with van der Waals surface area (Å²) < 4.78 is 10.9. The van der Waals surface area contributed by atoms with E-state index in [4.69, 9.17) is 33.3 Å². The Bertz CT molecular complexity index is 694. The number of hydrogen-bond donors (Lipinski definition) is 2. The molecule has 2 aromatic carbocycles. The molecule has 128 valence electrons. The zero-order valence-corrected chi connectivity index (χ0v) is 15.3. The zero-order chi connectivity index (χ0) is 17.4. The highest BCUT2D eigenvalue weighted by Gasteiger charge is 2.06. The molecule has 0 spiro atoms. The largest absolute Gasteiger partial charge is 0.493 e. The number of thiocarbonyl (C=S) groups is 1. The van der Waals surface area contributed by atoms with E-state index in [2.05, 4.69) is 10.6 Å². The summed E-state index contributed by atoms with van der Waals surface area (Å²) in [6.07, 6.45) is 0.813. The maximum Gasteiger partial charge on any atom is 0.170 e. The molecular formula is C18H21ClN2O2S. The molecule has 0 saturated carbocycles. The molecule has 0 bridgehead atoms. The van der Waals surface area contributed by atoms with Gasteiger partial charge in [0.25, 0.3) is 0 Å². The Morgan fingerprint density at radius 2 is 1.96 bits per heavy atom. The monoisotopic (exact) mass is 364 g/mol. The Morgan fingerprint density at radius 1 is 1.17 bits per heavy atom. The van der Waals surface area contributed by atoms with Crippen molar-refractivity contribution >= 4 is 34.6 Å². The van der Waals surface area contributed by atoms with Gasteiger partial charge in [0.05, 0.1) is 24.4 Å². The Morgan fingerprint density at radius 3 is 2.67 bits per heavy atom. The van der Waals surface area contributed by atoms with Crippen molar-refractivity contribution in [2.45, 2.75) is 13.3 Å². The van der Waals surface area contributed by atoms with Crippen molar-refractivity contribution in [1.82, 2.24) is 5.32 Å². The fourth-order valence-corrected chi connectivity index (χ4v) is 2.59. The predicted molar refractivity (Wildman–Crippen MR) is 104 cm³/mol. The van der Waals surface area contributed by atoms with Gasteiger partial charge in [0.2, 0.25) is 0 Å². The van der Waals surface area contributed by atoms with E-state index in [0.29, 0.717) is 23.3 Å². The summed E-state index contributed by atoms with van der Waals surface area (Å²) >= 11 is 11.4. The summed E-state index contributed by atoms with van der Waals surface area (Å²) in [5, 5.41) is 7.44. The van der Waals surface area contributed by atoms with Gasteiger partial charge in [0, 0.05) is 6.54 Å². The Labute approximate surface area is 153 Å². The molecule has 0 radical (unpaired) electrons. The third-order valence-electron chi connectivity index (χ3n) is 3.35. The van der Waals surface area contributed by atoms with Crippen LogP contribution < -0.4 is 20.1 Å². The van der Waals surface area contributed by atoms with Crippen LogP contribution in [0.15, 0.2) is 42.5 Å². The van der Waals surface area contributed by atoms with Gasteiger partial charge in [-0.3, -0.25) is 0 Å². The normalized spacial score (nSPS) is 10.1. The zero-order valence-electron chi connectivity index (χ0n) is 13.8. The number of hydrogen-bond acceptors (Lipinski definition) is 3. The first-order chi connectivity index (χ1) is 11.6. The molecule has 6 heteroatoms. The van der Waals surface area contributed by atoms with E-state index in [0.717, 1.165) is 29.2 Å². The highest BCUT2D eigenvalue weighted by atomic mass is 35.5. The molecule has 0 atom stereocenters. The summed E-state index contributed by atoms with van der Waals surface area (Å²) in [6.45, 7) is 3.26. The van der Waals surface area contributed by atoms with E-state index in [1.807, 2.05) is 49.4 Å². The van der Waals surface area contributed by atoms with Crippen LogP contribution in [0.2, 0.25) is 5.02 Å². The van der Waals surface area contributed by atoms with Crippen LogP contribution in [0.5, 0.6) is 11.5 Å². The van der Waals surface area contributed by atoms with Crippen molar-refractivity contribution in [1.29, 1.82) is 0 Å². The van der Waals surface area contributed by atoms with Gasteiger partial charge < -0.3 is 20.1 Å². The molecule has 4 nitrogen and oxygen atoms in total. The van der Waals surface area contributed by atoms with Gasteiger partial charge in [0.1, 0.15) is 0 Å². The van der Waals surface area contributed by atoms with Crippen LogP contribution in [0, 0.1) is 0 Å². The van der Waals surface area contributed by atoms with Crippen molar-refractivity contribution in [2.75, 3.05) is 25.6 Å².